The van der Waals surface area contributed by atoms with Crippen molar-refractivity contribution >= 4 is 38.5 Å². The van der Waals surface area contributed by atoms with E-state index < -0.39 is 48.5 Å². The van der Waals surface area contributed by atoms with Crippen molar-refractivity contribution in [1.82, 2.24) is 9.97 Å². The lowest BCUT2D eigenvalue weighted by atomic mass is 10.0. The molecule has 12 heteroatoms. The predicted octanol–water partition coefficient (Wildman–Crippen LogP) is 3.70. The molecule has 0 aliphatic heterocycles. The van der Waals surface area contributed by atoms with Gasteiger partial charge in [-0.1, -0.05) is 9.01 Å². The third-order valence-corrected chi connectivity index (χ3v) is 6.20. The fourth-order valence-corrected chi connectivity index (χ4v) is 4.24. The smallest absolute Gasteiger partial charge is 0.341 e. The molecule has 9 nitrogen and oxygen atoms in total. The van der Waals surface area contributed by atoms with Gasteiger partial charge in [-0.05, 0) is 37.3 Å². The molecule has 0 fully saturated rings. The minimum Gasteiger partial charge on any atom is -0.465 e. The van der Waals surface area contributed by atoms with Gasteiger partial charge in [0.05, 0.1) is 18.4 Å². The molecule has 170 valence electrons. The number of benzene rings is 1. The number of fused-ring (bicyclic) bond motifs is 1. The molecule has 1 aromatic carbocycles. The standard InChI is InChI=1S/C21H15F2N3O6S/c1-11-14(21(28)31-2)9-18(32-11)33(29,30)26(23)12-5-6-17(22)15(8-12)19(27)16-10-25-20-13(16)4-3-7-24-20/h3-10H,1-2H3,(H,24,25). The van der Waals surface area contributed by atoms with E-state index in [1.165, 1.54) is 19.3 Å². The maximum atomic E-state index is 15.0. The summed E-state index contributed by atoms with van der Waals surface area (Å²) in [7, 11) is -3.85. The van der Waals surface area contributed by atoms with Crippen LogP contribution in [0, 0.1) is 12.7 Å². The molecule has 0 amide bonds. The summed E-state index contributed by atoms with van der Waals surface area (Å²) in [6.07, 6.45) is 2.83. The number of ether oxygens (including phenoxy) is 1. The first-order valence-corrected chi connectivity index (χ1v) is 10.8. The zero-order valence-corrected chi connectivity index (χ0v) is 17.9. The number of nitrogens with one attached hydrogen (secondary N) is 1. The van der Waals surface area contributed by atoms with Gasteiger partial charge in [-0.2, -0.15) is 8.42 Å². The van der Waals surface area contributed by atoms with Crippen LogP contribution in [0.5, 0.6) is 0 Å². The summed E-state index contributed by atoms with van der Waals surface area (Å²) < 4.78 is 63.8. The van der Waals surface area contributed by atoms with E-state index in [2.05, 4.69) is 14.7 Å². The van der Waals surface area contributed by atoms with E-state index in [9.17, 15) is 22.4 Å². The fourth-order valence-electron chi connectivity index (χ4n) is 3.20. The van der Waals surface area contributed by atoms with Crippen LogP contribution >= 0.6 is 0 Å². The van der Waals surface area contributed by atoms with Crippen molar-refractivity contribution in [2.75, 3.05) is 11.6 Å². The molecule has 3 aromatic heterocycles. The number of furan rings is 1. The molecular formula is C21H15F2N3O6S. The second-order valence-corrected chi connectivity index (χ2v) is 8.52. The van der Waals surface area contributed by atoms with Gasteiger partial charge in [0.1, 0.15) is 22.8 Å². The quantitative estimate of drug-likeness (QED) is 0.256. The van der Waals surface area contributed by atoms with Crippen LogP contribution in [0.2, 0.25) is 0 Å². The summed E-state index contributed by atoms with van der Waals surface area (Å²) in [4.78, 5) is 31.5. The number of ketones is 1. The molecule has 0 bridgehead atoms. The van der Waals surface area contributed by atoms with Crippen molar-refractivity contribution in [2.45, 2.75) is 12.0 Å². The van der Waals surface area contributed by atoms with Gasteiger partial charge in [0.2, 0.25) is 5.09 Å². The Kier molecular flexibility index (Phi) is 5.46. The van der Waals surface area contributed by atoms with Crippen LogP contribution in [0.3, 0.4) is 0 Å². The Morgan fingerprint density at radius 1 is 1.15 bits per heavy atom. The molecule has 0 saturated heterocycles. The average Bonchev–Trinajstić information content (AvgIpc) is 3.42. The van der Waals surface area contributed by atoms with Crippen LogP contribution in [-0.4, -0.2) is 37.2 Å². The minimum atomic E-state index is -4.94. The number of H-pyrrole nitrogens is 1. The van der Waals surface area contributed by atoms with Crippen molar-refractivity contribution in [3.63, 3.8) is 0 Å². The lowest BCUT2D eigenvalue weighted by molar-refractivity contribution is 0.0598. The second-order valence-electron chi connectivity index (χ2n) is 6.84. The van der Waals surface area contributed by atoms with Crippen molar-refractivity contribution in [3.8, 4) is 0 Å². The molecule has 3 heterocycles. The number of methoxy groups -OCH3 is 1. The molecule has 0 spiro atoms. The Morgan fingerprint density at radius 3 is 2.64 bits per heavy atom. The first-order chi connectivity index (χ1) is 15.6. The van der Waals surface area contributed by atoms with E-state index in [1.54, 1.807) is 12.1 Å². The van der Waals surface area contributed by atoms with Gasteiger partial charge >= 0.3 is 16.0 Å². The van der Waals surface area contributed by atoms with E-state index in [0.717, 1.165) is 31.4 Å². The molecule has 1 N–H and O–H groups in total. The average molecular weight is 475 g/mol. The van der Waals surface area contributed by atoms with Gasteiger partial charge in [-0.15, -0.1) is 0 Å². The maximum absolute atomic E-state index is 15.0. The van der Waals surface area contributed by atoms with Gasteiger partial charge in [-0.3, -0.25) is 4.79 Å². The number of halogens is 2. The summed E-state index contributed by atoms with van der Waals surface area (Å²) in [6, 6.07) is 6.38. The molecule has 4 rings (SSSR count). The van der Waals surface area contributed by atoms with Crippen molar-refractivity contribution in [1.29, 1.82) is 0 Å². The highest BCUT2D eigenvalue weighted by Crippen LogP contribution is 2.30. The van der Waals surface area contributed by atoms with E-state index in [1.807, 2.05) is 0 Å². The summed E-state index contributed by atoms with van der Waals surface area (Å²) in [5.74, 6) is -2.75. The Hall–Kier alpha value is -4.06. The van der Waals surface area contributed by atoms with Crippen LogP contribution in [-0.2, 0) is 14.8 Å². The van der Waals surface area contributed by atoms with Crippen LogP contribution in [0.15, 0.2) is 58.3 Å². The molecule has 0 radical (unpaired) electrons. The molecule has 0 atom stereocenters. The zero-order chi connectivity index (χ0) is 23.9. The largest absolute Gasteiger partial charge is 0.465 e. The van der Waals surface area contributed by atoms with Crippen LogP contribution in [0.4, 0.5) is 14.6 Å². The van der Waals surface area contributed by atoms with Gasteiger partial charge < -0.3 is 14.1 Å². The van der Waals surface area contributed by atoms with Gasteiger partial charge in [0, 0.05) is 29.4 Å². The topological polar surface area (TPSA) is 123 Å². The molecule has 4 aromatic rings. The second kappa shape index (κ2) is 8.13. The van der Waals surface area contributed by atoms with Gasteiger partial charge in [0.25, 0.3) is 0 Å². The summed E-state index contributed by atoms with van der Waals surface area (Å²) in [6.45, 7) is 1.30. The lowest BCUT2D eigenvalue weighted by Gasteiger charge is -2.13. The number of hydrogen-bond donors (Lipinski definition) is 1. The Labute approximate surface area is 185 Å². The number of carbonyl (C=O) groups is 2. The number of sulfonamides is 1. The number of aryl methyl sites for hydroxylation is 1. The monoisotopic (exact) mass is 475 g/mol. The minimum absolute atomic E-state index is 0.0757. The highest BCUT2D eigenvalue weighted by Gasteiger charge is 2.32. The number of carbonyl (C=O) groups excluding carboxylic acids is 2. The lowest BCUT2D eigenvalue weighted by Crippen LogP contribution is -2.22. The highest BCUT2D eigenvalue weighted by atomic mass is 32.2. The van der Waals surface area contributed by atoms with E-state index in [-0.39, 0.29) is 16.9 Å². The third kappa shape index (κ3) is 3.74. The Morgan fingerprint density at radius 2 is 1.91 bits per heavy atom. The fraction of sp³-hybridized carbons (Fsp3) is 0.0952. The van der Waals surface area contributed by atoms with E-state index >= 15 is 4.48 Å². The van der Waals surface area contributed by atoms with Crippen LogP contribution in [0.25, 0.3) is 11.0 Å². The number of aromatic nitrogens is 2. The summed E-state index contributed by atoms with van der Waals surface area (Å²) in [5.41, 5.74) is -0.937. The predicted molar refractivity (Wildman–Crippen MR) is 111 cm³/mol. The molecule has 33 heavy (non-hydrogen) atoms. The van der Waals surface area contributed by atoms with Crippen molar-refractivity contribution in [3.05, 3.63) is 77.1 Å². The molecule has 0 aliphatic carbocycles. The van der Waals surface area contributed by atoms with Crippen molar-refractivity contribution in [2.24, 2.45) is 0 Å². The maximum Gasteiger partial charge on any atom is 0.341 e. The highest BCUT2D eigenvalue weighted by molar-refractivity contribution is 7.92. The van der Waals surface area contributed by atoms with Gasteiger partial charge in [0.15, 0.2) is 5.78 Å². The number of anilines is 1. The molecule has 0 unspecified atom stereocenters. The van der Waals surface area contributed by atoms with Crippen LogP contribution < -0.4 is 4.53 Å². The number of esters is 1. The Balaban J connectivity index is 1.73. The third-order valence-electron chi connectivity index (χ3n) is 4.86. The molecule has 0 aliphatic rings. The Bertz CT molecular complexity index is 1510. The van der Waals surface area contributed by atoms with E-state index in [4.69, 9.17) is 4.42 Å². The number of rotatable bonds is 6. The number of aromatic amines is 1. The SMILES string of the molecule is COC(=O)c1cc(S(=O)(=O)N(F)c2ccc(F)c(C(=O)c3c[nH]c4ncccc34)c2)oc1C. The van der Waals surface area contributed by atoms with Crippen molar-refractivity contribution < 1.29 is 36.0 Å². The number of pyridine rings is 1. The summed E-state index contributed by atoms with van der Waals surface area (Å²) >= 11 is 0. The normalized spacial score (nSPS) is 11.5. The zero-order valence-electron chi connectivity index (χ0n) is 17.1. The number of hydrogen-bond acceptors (Lipinski definition) is 7. The summed E-state index contributed by atoms with van der Waals surface area (Å²) in [5, 5.41) is -0.457. The molecule has 0 saturated carbocycles. The van der Waals surface area contributed by atoms with Gasteiger partial charge in [-0.25, -0.2) is 14.2 Å². The first kappa shape index (κ1) is 22.1. The van der Waals surface area contributed by atoms with Crippen LogP contribution in [0.1, 0.15) is 32.0 Å². The first-order valence-electron chi connectivity index (χ1n) is 9.31. The number of nitrogens with zero attached hydrogens (tertiary/aromatic N) is 2. The van der Waals surface area contributed by atoms with E-state index in [0.29, 0.717) is 11.0 Å². The molecular weight excluding hydrogens is 460 g/mol.